The molecule has 2 heterocycles. The molecule has 0 saturated carbocycles. The van der Waals surface area contributed by atoms with Gasteiger partial charge in [0.2, 0.25) is 11.8 Å². The van der Waals surface area contributed by atoms with Crippen LogP contribution in [0.25, 0.3) is 0 Å². The van der Waals surface area contributed by atoms with Crippen LogP contribution in [0.3, 0.4) is 0 Å². The molecule has 1 aliphatic heterocycles. The molecule has 1 atom stereocenters. The fourth-order valence-electron chi connectivity index (χ4n) is 3.48. The van der Waals surface area contributed by atoms with Crippen LogP contribution in [0.15, 0.2) is 67.0 Å². The maximum absolute atomic E-state index is 12.9. The van der Waals surface area contributed by atoms with Gasteiger partial charge in [0.1, 0.15) is 5.75 Å². The number of hydrogen-bond donors (Lipinski definition) is 1. The van der Waals surface area contributed by atoms with Gasteiger partial charge in [-0.3, -0.25) is 14.3 Å². The van der Waals surface area contributed by atoms with Crippen LogP contribution in [-0.4, -0.2) is 35.2 Å². The number of methoxy groups -OCH3 is 1. The van der Waals surface area contributed by atoms with Crippen molar-refractivity contribution in [2.75, 3.05) is 23.9 Å². The number of rotatable bonds is 6. The first-order valence-electron chi connectivity index (χ1n) is 9.44. The van der Waals surface area contributed by atoms with E-state index >= 15 is 0 Å². The number of carbonyl (C=O) groups is 2. The molecule has 1 aromatic heterocycles. The van der Waals surface area contributed by atoms with Crippen molar-refractivity contribution in [2.45, 2.75) is 13.0 Å². The summed E-state index contributed by atoms with van der Waals surface area (Å²) in [6.07, 6.45) is 3.79. The highest BCUT2D eigenvalue weighted by Gasteiger charge is 2.35. The van der Waals surface area contributed by atoms with Crippen LogP contribution in [0, 0.1) is 5.92 Å². The minimum Gasteiger partial charge on any atom is -0.497 e. The zero-order valence-electron chi connectivity index (χ0n) is 16.1. The van der Waals surface area contributed by atoms with E-state index in [1.54, 1.807) is 22.9 Å². The Labute approximate surface area is 168 Å². The second-order valence-electron chi connectivity index (χ2n) is 6.95. The molecule has 1 saturated heterocycles. The van der Waals surface area contributed by atoms with Gasteiger partial charge in [0, 0.05) is 36.7 Å². The first kappa shape index (κ1) is 18.7. The van der Waals surface area contributed by atoms with Crippen molar-refractivity contribution in [3.63, 3.8) is 0 Å². The van der Waals surface area contributed by atoms with Gasteiger partial charge in [0.15, 0.2) is 0 Å². The van der Waals surface area contributed by atoms with Gasteiger partial charge >= 0.3 is 0 Å². The zero-order valence-corrected chi connectivity index (χ0v) is 16.1. The van der Waals surface area contributed by atoms with E-state index < -0.39 is 5.92 Å². The molecule has 3 aromatic rings. The highest BCUT2D eigenvalue weighted by atomic mass is 16.5. The van der Waals surface area contributed by atoms with Crippen molar-refractivity contribution in [3.05, 3.63) is 72.6 Å². The maximum Gasteiger partial charge on any atom is 0.229 e. The summed E-state index contributed by atoms with van der Waals surface area (Å²) in [6, 6.07) is 16.8. The Bertz CT molecular complexity index is 999. The molecule has 0 spiro atoms. The average Bonchev–Trinajstić information content (AvgIpc) is 3.39. The van der Waals surface area contributed by atoms with Gasteiger partial charge in [-0.25, -0.2) is 0 Å². The number of hydrogen-bond acceptors (Lipinski definition) is 4. The monoisotopic (exact) mass is 390 g/mol. The summed E-state index contributed by atoms with van der Waals surface area (Å²) in [5.74, 6) is 0.119. The summed E-state index contributed by atoms with van der Waals surface area (Å²) in [5, 5.41) is 7.22. The van der Waals surface area contributed by atoms with Gasteiger partial charge in [-0.05, 0) is 42.0 Å². The normalized spacial score (nSPS) is 16.1. The summed E-state index contributed by atoms with van der Waals surface area (Å²) >= 11 is 0. The van der Waals surface area contributed by atoms with Crippen LogP contribution >= 0.6 is 0 Å². The Morgan fingerprint density at radius 1 is 1.17 bits per heavy atom. The molecule has 1 N–H and O–H groups in total. The predicted molar refractivity (Wildman–Crippen MR) is 110 cm³/mol. The van der Waals surface area contributed by atoms with E-state index in [4.69, 9.17) is 4.74 Å². The van der Waals surface area contributed by atoms with E-state index in [9.17, 15) is 9.59 Å². The Morgan fingerprint density at radius 2 is 1.97 bits per heavy atom. The molecule has 2 amide bonds. The van der Waals surface area contributed by atoms with Crippen LogP contribution in [0.5, 0.6) is 5.75 Å². The Kier molecular flexibility index (Phi) is 5.29. The predicted octanol–water partition coefficient (Wildman–Crippen LogP) is 2.93. The highest BCUT2D eigenvalue weighted by Crippen LogP contribution is 2.28. The first-order valence-corrected chi connectivity index (χ1v) is 9.44. The summed E-state index contributed by atoms with van der Waals surface area (Å²) in [4.78, 5) is 27.0. The Balaban J connectivity index is 1.45. The molecule has 148 valence electrons. The molecular formula is C22H22N4O3. The second kappa shape index (κ2) is 8.18. The number of anilines is 2. The van der Waals surface area contributed by atoms with Crippen LogP contribution in [0.2, 0.25) is 0 Å². The van der Waals surface area contributed by atoms with Crippen LogP contribution in [0.4, 0.5) is 11.4 Å². The molecule has 7 nitrogen and oxygen atoms in total. The fourth-order valence-corrected chi connectivity index (χ4v) is 3.48. The van der Waals surface area contributed by atoms with Gasteiger partial charge in [0.25, 0.3) is 0 Å². The fraction of sp³-hybridized carbons (Fsp3) is 0.227. The Morgan fingerprint density at radius 3 is 2.69 bits per heavy atom. The number of benzene rings is 2. The largest absolute Gasteiger partial charge is 0.497 e. The number of carbonyl (C=O) groups excluding carboxylic acids is 2. The van der Waals surface area contributed by atoms with Gasteiger partial charge in [-0.1, -0.05) is 18.2 Å². The summed E-state index contributed by atoms with van der Waals surface area (Å²) in [6.45, 7) is 0.920. The Hall–Kier alpha value is -3.61. The molecule has 29 heavy (non-hydrogen) atoms. The minimum absolute atomic E-state index is 0.0554. The lowest BCUT2D eigenvalue weighted by atomic mass is 10.1. The number of para-hydroxylation sites is 1. The molecule has 1 aliphatic rings. The smallest absolute Gasteiger partial charge is 0.229 e. The molecule has 4 rings (SSSR count). The van der Waals surface area contributed by atoms with Crippen molar-refractivity contribution >= 4 is 23.2 Å². The summed E-state index contributed by atoms with van der Waals surface area (Å²) in [7, 11) is 1.60. The van der Waals surface area contributed by atoms with E-state index in [0.29, 0.717) is 13.1 Å². The van der Waals surface area contributed by atoms with E-state index in [2.05, 4.69) is 10.4 Å². The topological polar surface area (TPSA) is 76.5 Å². The molecule has 0 radical (unpaired) electrons. The van der Waals surface area contributed by atoms with Crippen molar-refractivity contribution in [1.82, 2.24) is 9.78 Å². The molecular weight excluding hydrogens is 368 g/mol. The zero-order chi connectivity index (χ0) is 20.2. The summed E-state index contributed by atoms with van der Waals surface area (Å²) in [5.41, 5.74) is 2.47. The number of amides is 2. The average molecular weight is 390 g/mol. The third-order valence-corrected chi connectivity index (χ3v) is 5.05. The molecule has 0 aliphatic carbocycles. The third kappa shape index (κ3) is 4.13. The third-order valence-electron chi connectivity index (χ3n) is 5.05. The molecule has 0 bridgehead atoms. The summed E-state index contributed by atoms with van der Waals surface area (Å²) < 4.78 is 6.96. The van der Waals surface area contributed by atoms with Crippen LogP contribution < -0.4 is 15.0 Å². The van der Waals surface area contributed by atoms with Gasteiger partial charge < -0.3 is 15.0 Å². The lowest BCUT2D eigenvalue weighted by Crippen LogP contribution is -2.28. The number of ether oxygens (including phenoxy) is 1. The number of nitrogens with one attached hydrogen (secondary N) is 1. The lowest BCUT2D eigenvalue weighted by Gasteiger charge is -2.17. The van der Waals surface area contributed by atoms with Crippen molar-refractivity contribution < 1.29 is 14.3 Å². The van der Waals surface area contributed by atoms with Crippen molar-refractivity contribution in [3.8, 4) is 5.75 Å². The SMILES string of the molecule is COc1ccc(N2CC(C(=O)Nc3ccccc3Cn3cccn3)CC2=O)cc1. The quantitative estimate of drug-likeness (QED) is 0.702. The van der Waals surface area contributed by atoms with Crippen LogP contribution in [-0.2, 0) is 16.1 Å². The minimum atomic E-state index is -0.401. The maximum atomic E-state index is 12.9. The molecule has 1 unspecified atom stereocenters. The first-order chi connectivity index (χ1) is 14.1. The van der Waals surface area contributed by atoms with E-state index in [1.807, 2.05) is 60.8 Å². The highest BCUT2D eigenvalue weighted by molar-refractivity contribution is 6.03. The van der Waals surface area contributed by atoms with Crippen LogP contribution in [0.1, 0.15) is 12.0 Å². The van der Waals surface area contributed by atoms with E-state index in [0.717, 1.165) is 22.7 Å². The van der Waals surface area contributed by atoms with E-state index in [-0.39, 0.29) is 18.2 Å². The number of nitrogens with zero attached hydrogens (tertiary/aromatic N) is 3. The molecule has 1 fully saturated rings. The molecule has 7 heteroatoms. The lowest BCUT2D eigenvalue weighted by molar-refractivity contribution is -0.122. The van der Waals surface area contributed by atoms with Gasteiger partial charge in [-0.15, -0.1) is 0 Å². The van der Waals surface area contributed by atoms with Gasteiger partial charge in [0.05, 0.1) is 19.6 Å². The van der Waals surface area contributed by atoms with E-state index in [1.165, 1.54) is 0 Å². The molecule has 2 aromatic carbocycles. The van der Waals surface area contributed by atoms with Crippen molar-refractivity contribution in [1.29, 1.82) is 0 Å². The van der Waals surface area contributed by atoms with Crippen molar-refractivity contribution in [2.24, 2.45) is 5.92 Å². The number of aromatic nitrogens is 2. The second-order valence-corrected chi connectivity index (χ2v) is 6.95. The standard InChI is InChI=1S/C22H22N4O3/c1-29-19-9-7-18(8-10-19)26-15-17(13-21(26)27)22(28)24-20-6-3-2-5-16(20)14-25-12-4-11-23-25/h2-12,17H,13-15H2,1H3,(H,24,28). The van der Waals surface area contributed by atoms with Gasteiger partial charge in [-0.2, -0.15) is 5.10 Å².